The van der Waals surface area contributed by atoms with E-state index in [-0.39, 0.29) is 18.4 Å². The molecule has 0 aromatic heterocycles. The first-order chi connectivity index (χ1) is 12.0. The smallest absolute Gasteiger partial charge is 0.244 e. The highest BCUT2D eigenvalue weighted by atomic mass is 35.5. The van der Waals surface area contributed by atoms with Crippen LogP contribution in [0.15, 0.2) is 42.5 Å². The van der Waals surface area contributed by atoms with Crippen LogP contribution in [0.25, 0.3) is 0 Å². The molecule has 0 bridgehead atoms. The number of hydrogen-bond donors (Lipinski definition) is 1. The third kappa shape index (κ3) is 4.64. The van der Waals surface area contributed by atoms with Crippen LogP contribution in [0.2, 0.25) is 5.02 Å². The van der Waals surface area contributed by atoms with Crippen LogP contribution in [0.5, 0.6) is 11.5 Å². The second-order valence-electron chi connectivity index (χ2n) is 5.18. The monoisotopic (exact) mass is 362 g/mol. The zero-order valence-electron chi connectivity index (χ0n) is 14.2. The number of nitrogens with one attached hydrogen (secondary N) is 1. The molecule has 0 heterocycles. The van der Waals surface area contributed by atoms with Gasteiger partial charge in [0.1, 0.15) is 18.0 Å². The number of methoxy groups -OCH3 is 2. The molecule has 6 nitrogen and oxygen atoms in total. The van der Waals surface area contributed by atoms with Crippen LogP contribution in [0.4, 0.5) is 11.4 Å². The first-order valence-electron chi connectivity index (χ1n) is 7.50. The molecule has 0 aliphatic carbocycles. The molecule has 0 aliphatic heterocycles. The van der Waals surface area contributed by atoms with E-state index in [1.54, 1.807) is 36.4 Å². The van der Waals surface area contributed by atoms with E-state index in [0.717, 1.165) is 0 Å². The molecule has 0 aliphatic rings. The van der Waals surface area contributed by atoms with Crippen molar-refractivity contribution in [3.05, 3.63) is 47.5 Å². The zero-order chi connectivity index (χ0) is 18.4. The van der Waals surface area contributed by atoms with Gasteiger partial charge in [-0.3, -0.25) is 9.59 Å². The van der Waals surface area contributed by atoms with Gasteiger partial charge >= 0.3 is 0 Å². The molecule has 1 N–H and O–H groups in total. The average molecular weight is 363 g/mol. The summed E-state index contributed by atoms with van der Waals surface area (Å²) in [5, 5.41) is 3.09. The molecule has 0 saturated carbocycles. The summed E-state index contributed by atoms with van der Waals surface area (Å²) in [6, 6.07) is 12.1. The highest BCUT2D eigenvalue weighted by Gasteiger charge is 2.18. The van der Waals surface area contributed by atoms with E-state index >= 15 is 0 Å². The average Bonchev–Trinajstić information content (AvgIpc) is 2.61. The van der Waals surface area contributed by atoms with Gasteiger partial charge < -0.3 is 19.7 Å². The molecule has 0 fully saturated rings. The fraction of sp³-hybridized carbons (Fsp3) is 0.222. The SMILES string of the molecule is COc1cc(NC(=O)CN(C(C)=O)c2ccccc2)c(OC)cc1Cl. The van der Waals surface area contributed by atoms with E-state index in [0.29, 0.717) is 27.9 Å². The Morgan fingerprint density at radius 1 is 1.08 bits per heavy atom. The number of amides is 2. The van der Waals surface area contributed by atoms with E-state index in [2.05, 4.69) is 5.32 Å². The number of para-hydroxylation sites is 1. The molecule has 132 valence electrons. The van der Waals surface area contributed by atoms with Gasteiger partial charge in [0.25, 0.3) is 0 Å². The van der Waals surface area contributed by atoms with E-state index in [9.17, 15) is 9.59 Å². The fourth-order valence-corrected chi connectivity index (χ4v) is 2.51. The summed E-state index contributed by atoms with van der Waals surface area (Å²) in [5.74, 6) is 0.196. The molecular weight excluding hydrogens is 344 g/mol. The zero-order valence-corrected chi connectivity index (χ0v) is 15.0. The van der Waals surface area contributed by atoms with Gasteiger partial charge in [-0.05, 0) is 12.1 Å². The van der Waals surface area contributed by atoms with Crippen molar-refractivity contribution < 1.29 is 19.1 Å². The Labute approximate surface area is 151 Å². The van der Waals surface area contributed by atoms with Crippen molar-refractivity contribution >= 4 is 34.8 Å². The Hall–Kier alpha value is -2.73. The number of hydrogen-bond acceptors (Lipinski definition) is 4. The van der Waals surface area contributed by atoms with E-state index in [4.69, 9.17) is 21.1 Å². The van der Waals surface area contributed by atoms with Crippen molar-refractivity contribution in [2.45, 2.75) is 6.92 Å². The minimum atomic E-state index is -0.373. The highest BCUT2D eigenvalue weighted by molar-refractivity contribution is 6.32. The number of halogens is 1. The van der Waals surface area contributed by atoms with E-state index < -0.39 is 0 Å². The third-order valence-electron chi connectivity index (χ3n) is 3.50. The number of carbonyl (C=O) groups is 2. The topological polar surface area (TPSA) is 67.9 Å². The molecular formula is C18H19ClN2O4. The van der Waals surface area contributed by atoms with Crippen LogP contribution >= 0.6 is 11.6 Å². The molecule has 0 unspecified atom stereocenters. The Balaban J connectivity index is 2.20. The Morgan fingerprint density at radius 2 is 1.72 bits per heavy atom. The Morgan fingerprint density at radius 3 is 2.28 bits per heavy atom. The second-order valence-corrected chi connectivity index (χ2v) is 5.58. The van der Waals surface area contributed by atoms with Crippen LogP contribution < -0.4 is 19.7 Å². The van der Waals surface area contributed by atoms with Crippen molar-refractivity contribution in [2.75, 3.05) is 31.0 Å². The van der Waals surface area contributed by atoms with Crippen LogP contribution in [0.1, 0.15) is 6.92 Å². The lowest BCUT2D eigenvalue weighted by Crippen LogP contribution is -2.36. The van der Waals surface area contributed by atoms with Crippen molar-refractivity contribution in [3.8, 4) is 11.5 Å². The number of anilines is 2. The largest absolute Gasteiger partial charge is 0.495 e. The van der Waals surface area contributed by atoms with E-state index in [1.165, 1.54) is 26.0 Å². The lowest BCUT2D eigenvalue weighted by Gasteiger charge is -2.21. The molecule has 2 aromatic rings. The van der Waals surface area contributed by atoms with Crippen LogP contribution in [0.3, 0.4) is 0 Å². The van der Waals surface area contributed by atoms with Crippen molar-refractivity contribution in [1.82, 2.24) is 0 Å². The number of nitrogens with zero attached hydrogens (tertiary/aromatic N) is 1. The van der Waals surface area contributed by atoms with E-state index in [1.807, 2.05) is 6.07 Å². The molecule has 2 amide bonds. The van der Waals surface area contributed by atoms with Crippen LogP contribution in [-0.2, 0) is 9.59 Å². The maximum Gasteiger partial charge on any atom is 0.244 e. The summed E-state index contributed by atoms with van der Waals surface area (Å²) >= 11 is 6.05. The van der Waals surface area contributed by atoms with Gasteiger partial charge in [-0.1, -0.05) is 29.8 Å². The van der Waals surface area contributed by atoms with Crippen LogP contribution in [-0.4, -0.2) is 32.6 Å². The standard InChI is InChI=1S/C18H19ClN2O4/c1-12(22)21(13-7-5-4-6-8-13)11-18(23)20-15-10-16(24-2)14(19)9-17(15)25-3/h4-10H,11H2,1-3H3,(H,20,23). The molecule has 7 heteroatoms. The molecule has 0 radical (unpaired) electrons. The molecule has 0 spiro atoms. The van der Waals surface area contributed by atoms with Gasteiger partial charge in [-0.25, -0.2) is 0 Å². The summed E-state index contributed by atoms with van der Waals surface area (Å²) < 4.78 is 10.4. The molecule has 2 aromatic carbocycles. The minimum absolute atomic E-state index is 0.132. The fourth-order valence-electron chi connectivity index (χ4n) is 2.28. The molecule has 2 rings (SSSR count). The minimum Gasteiger partial charge on any atom is -0.495 e. The van der Waals surface area contributed by atoms with Crippen molar-refractivity contribution in [2.24, 2.45) is 0 Å². The predicted molar refractivity (Wildman–Crippen MR) is 97.7 cm³/mol. The summed E-state index contributed by atoms with van der Waals surface area (Å²) in [4.78, 5) is 25.7. The lowest BCUT2D eigenvalue weighted by molar-refractivity contribution is -0.120. The lowest BCUT2D eigenvalue weighted by atomic mass is 10.2. The predicted octanol–water partition coefficient (Wildman–Crippen LogP) is 3.35. The van der Waals surface area contributed by atoms with Gasteiger partial charge in [0.2, 0.25) is 11.8 Å². The Kier molecular flexibility index (Phi) is 6.25. The van der Waals surface area contributed by atoms with Gasteiger partial charge in [0.15, 0.2) is 0 Å². The quantitative estimate of drug-likeness (QED) is 0.855. The summed E-state index contributed by atoms with van der Waals surface area (Å²) in [5.41, 5.74) is 1.05. The van der Waals surface area contributed by atoms with Crippen LogP contribution in [0, 0.1) is 0 Å². The number of rotatable bonds is 6. The number of benzene rings is 2. The van der Waals surface area contributed by atoms with Gasteiger partial charge in [0.05, 0.1) is 24.9 Å². The number of carbonyl (C=O) groups excluding carboxylic acids is 2. The molecule has 0 atom stereocenters. The maximum absolute atomic E-state index is 12.4. The Bertz CT molecular complexity index is 765. The second kappa shape index (κ2) is 8.39. The summed E-state index contributed by atoms with van der Waals surface area (Å²) in [6.45, 7) is 1.28. The van der Waals surface area contributed by atoms with Crippen molar-refractivity contribution in [1.29, 1.82) is 0 Å². The van der Waals surface area contributed by atoms with Gasteiger partial charge in [0, 0.05) is 24.7 Å². The number of ether oxygens (including phenoxy) is 2. The maximum atomic E-state index is 12.4. The normalized spacial score (nSPS) is 10.1. The first kappa shape index (κ1) is 18.6. The highest BCUT2D eigenvalue weighted by Crippen LogP contribution is 2.35. The summed E-state index contributed by atoms with van der Waals surface area (Å²) in [6.07, 6.45) is 0. The van der Waals surface area contributed by atoms with Gasteiger partial charge in [-0.15, -0.1) is 0 Å². The molecule has 25 heavy (non-hydrogen) atoms. The van der Waals surface area contributed by atoms with Gasteiger partial charge in [-0.2, -0.15) is 0 Å². The molecule has 0 saturated heterocycles. The third-order valence-corrected chi connectivity index (χ3v) is 3.79. The first-order valence-corrected chi connectivity index (χ1v) is 7.88. The summed E-state index contributed by atoms with van der Waals surface area (Å²) in [7, 11) is 2.95. The van der Waals surface area contributed by atoms with Crippen molar-refractivity contribution in [3.63, 3.8) is 0 Å².